The average Bonchev–Trinajstić information content (AvgIpc) is 3.49. The lowest BCUT2D eigenvalue weighted by atomic mass is 9.96. The van der Waals surface area contributed by atoms with Gasteiger partial charge in [-0.15, -0.1) is 24.0 Å². The van der Waals surface area contributed by atoms with Crippen LogP contribution in [0.5, 0.6) is 0 Å². The van der Waals surface area contributed by atoms with Crippen LogP contribution in [0, 0.1) is 5.82 Å². The van der Waals surface area contributed by atoms with Crippen LogP contribution in [0.2, 0.25) is 0 Å². The van der Waals surface area contributed by atoms with Gasteiger partial charge in [0.05, 0.1) is 13.1 Å². The van der Waals surface area contributed by atoms with Crippen molar-refractivity contribution in [2.75, 3.05) is 27.2 Å². The second-order valence-corrected chi connectivity index (χ2v) is 7.44. The van der Waals surface area contributed by atoms with Gasteiger partial charge in [-0.05, 0) is 36.1 Å². The zero-order chi connectivity index (χ0) is 20.0. The summed E-state index contributed by atoms with van der Waals surface area (Å²) in [6.07, 6.45) is 2.01. The van der Waals surface area contributed by atoms with Gasteiger partial charge in [-0.2, -0.15) is 0 Å². The van der Waals surface area contributed by atoms with E-state index in [1.54, 1.807) is 26.2 Å². The number of hydrogen-bond acceptors (Lipinski definition) is 2. The Kier molecular flexibility index (Phi) is 8.43. The van der Waals surface area contributed by atoms with E-state index in [9.17, 15) is 9.18 Å². The van der Waals surface area contributed by atoms with Crippen LogP contribution >= 0.6 is 24.0 Å². The van der Waals surface area contributed by atoms with E-state index in [0.717, 1.165) is 24.0 Å². The van der Waals surface area contributed by atoms with E-state index in [0.29, 0.717) is 19.0 Å². The highest BCUT2D eigenvalue weighted by atomic mass is 127. The molecule has 0 saturated heterocycles. The van der Waals surface area contributed by atoms with Gasteiger partial charge in [-0.3, -0.25) is 4.79 Å². The number of amides is 1. The number of hydrogen-bond donors (Lipinski definition) is 2. The Balaban J connectivity index is 0.00000300. The van der Waals surface area contributed by atoms with Gasteiger partial charge in [0.2, 0.25) is 5.91 Å². The van der Waals surface area contributed by atoms with Gasteiger partial charge in [0, 0.05) is 26.1 Å². The number of nitrogens with one attached hydrogen (secondary N) is 2. The molecule has 0 aromatic heterocycles. The van der Waals surface area contributed by atoms with Gasteiger partial charge in [0.1, 0.15) is 5.82 Å². The molecule has 0 heterocycles. The van der Waals surface area contributed by atoms with E-state index >= 15 is 0 Å². The Morgan fingerprint density at radius 3 is 2.45 bits per heavy atom. The summed E-state index contributed by atoms with van der Waals surface area (Å²) in [5, 5.41) is 6.46. The summed E-state index contributed by atoms with van der Waals surface area (Å²) in [6.45, 7) is 1.33. The van der Waals surface area contributed by atoms with E-state index in [1.807, 2.05) is 36.4 Å². The Hall–Kier alpha value is -2.16. The number of nitrogens with zero attached hydrogens (tertiary/aromatic N) is 2. The third kappa shape index (κ3) is 6.69. The molecular formula is C22H28FIN4O. The van der Waals surface area contributed by atoms with E-state index in [1.165, 1.54) is 11.0 Å². The molecule has 2 N–H and O–H groups in total. The third-order valence-corrected chi connectivity index (χ3v) is 5.05. The molecule has 3 rings (SSSR count). The Bertz CT molecular complexity index is 838. The van der Waals surface area contributed by atoms with Crippen LogP contribution in [-0.4, -0.2) is 44.0 Å². The molecule has 2 aromatic carbocycles. The molecule has 0 atom stereocenters. The highest BCUT2D eigenvalue weighted by Gasteiger charge is 2.44. The topological polar surface area (TPSA) is 56.7 Å². The number of likely N-dealkylation sites (N-methyl/N-ethyl adjacent to an activating group) is 1. The summed E-state index contributed by atoms with van der Waals surface area (Å²) < 4.78 is 13.6. The molecule has 2 aromatic rings. The SMILES string of the molecule is CN(C)C(=O)CNC(=NCc1ccccc1)NCC1(c2cccc(F)c2)CC1.I. The monoisotopic (exact) mass is 510 g/mol. The minimum Gasteiger partial charge on any atom is -0.355 e. The van der Waals surface area contributed by atoms with Crippen molar-refractivity contribution in [3.8, 4) is 0 Å². The molecule has 0 aliphatic heterocycles. The second kappa shape index (κ2) is 10.6. The maximum Gasteiger partial charge on any atom is 0.241 e. The first-order valence-corrected chi connectivity index (χ1v) is 9.51. The molecule has 0 unspecified atom stereocenters. The molecule has 0 spiro atoms. The lowest BCUT2D eigenvalue weighted by molar-refractivity contribution is -0.127. The lowest BCUT2D eigenvalue weighted by Crippen LogP contribution is -2.45. The Labute approximate surface area is 188 Å². The second-order valence-electron chi connectivity index (χ2n) is 7.44. The minimum absolute atomic E-state index is 0. The summed E-state index contributed by atoms with van der Waals surface area (Å²) in [5.41, 5.74) is 2.03. The molecule has 7 heteroatoms. The quantitative estimate of drug-likeness (QED) is 0.342. The fourth-order valence-electron chi connectivity index (χ4n) is 3.04. The van der Waals surface area contributed by atoms with Gasteiger partial charge in [0.25, 0.3) is 0 Å². The van der Waals surface area contributed by atoms with Gasteiger partial charge < -0.3 is 15.5 Å². The predicted octanol–water partition coefficient (Wildman–Crippen LogP) is 3.30. The summed E-state index contributed by atoms with van der Waals surface area (Å²) >= 11 is 0. The number of carbonyl (C=O) groups excluding carboxylic acids is 1. The highest BCUT2D eigenvalue weighted by molar-refractivity contribution is 14.0. The fourth-order valence-corrected chi connectivity index (χ4v) is 3.04. The van der Waals surface area contributed by atoms with Crippen molar-refractivity contribution in [2.45, 2.75) is 24.8 Å². The molecule has 156 valence electrons. The van der Waals surface area contributed by atoms with Crippen molar-refractivity contribution in [3.05, 3.63) is 71.5 Å². The summed E-state index contributed by atoms with van der Waals surface area (Å²) in [4.78, 5) is 18.1. The van der Waals surface area contributed by atoms with E-state index in [4.69, 9.17) is 0 Å². The summed E-state index contributed by atoms with van der Waals surface area (Å²) in [6, 6.07) is 16.8. The first kappa shape index (κ1) is 23.1. The molecule has 0 radical (unpaired) electrons. The predicted molar refractivity (Wildman–Crippen MR) is 125 cm³/mol. The van der Waals surface area contributed by atoms with Crippen LogP contribution in [0.15, 0.2) is 59.6 Å². The number of rotatable bonds is 7. The van der Waals surface area contributed by atoms with E-state index in [2.05, 4.69) is 15.6 Å². The highest BCUT2D eigenvalue weighted by Crippen LogP contribution is 2.47. The first-order chi connectivity index (χ1) is 13.5. The molecule has 1 fully saturated rings. The van der Waals surface area contributed by atoms with E-state index in [-0.39, 0.29) is 47.7 Å². The maximum absolute atomic E-state index is 13.6. The van der Waals surface area contributed by atoms with Gasteiger partial charge in [0.15, 0.2) is 5.96 Å². The smallest absolute Gasteiger partial charge is 0.241 e. The normalized spacial score (nSPS) is 14.5. The molecule has 1 saturated carbocycles. The van der Waals surface area contributed by atoms with Crippen molar-refractivity contribution in [2.24, 2.45) is 4.99 Å². The lowest BCUT2D eigenvalue weighted by Gasteiger charge is -2.20. The van der Waals surface area contributed by atoms with Crippen LogP contribution in [0.25, 0.3) is 0 Å². The number of carbonyl (C=O) groups is 1. The number of guanidine groups is 1. The van der Waals surface area contributed by atoms with Crippen LogP contribution < -0.4 is 10.6 Å². The van der Waals surface area contributed by atoms with Crippen molar-refractivity contribution in [1.82, 2.24) is 15.5 Å². The van der Waals surface area contributed by atoms with Gasteiger partial charge in [-0.25, -0.2) is 9.38 Å². The Morgan fingerprint density at radius 2 is 1.83 bits per heavy atom. The largest absolute Gasteiger partial charge is 0.355 e. The standard InChI is InChI=1S/C22H27FN4O.HI/c1-27(2)20(28)15-25-21(24-14-17-7-4-3-5-8-17)26-16-22(11-12-22)18-9-6-10-19(23)13-18;/h3-10,13H,11-12,14-16H2,1-2H3,(H2,24,25,26);1H. The zero-order valence-corrected chi connectivity index (χ0v) is 19.2. The summed E-state index contributed by atoms with van der Waals surface area (Å²) in [7, 11) is 3.45. The van der Waals surface area contributed by atoms with Crippen molar-refractivity contribution >= 4 is 35.8 Å². The fraction of sp³-hybridized carbons (Fsp3) is 0.364. The minimum atomic E-state index is -0.212. The molecule has 0 bridgehead atoms. The molecule has 1 aliphatic carbocycles. The van der Waals surface area contributed by atoms with Crippen LogP contribution in [-0.2, 0) is 16.8 Å². The maximum atomic E-state index is 13.6. The number of aliphatic imine (C=N–C) groups is 1. The van der Waals surface area contributed by atoms with Crippen molar-refractivity contribution in [3.63, 3.8) is 0 Å². The van der Waals surface area contributed by atoms with Gasteiger partial charge in [-0.1, -0.05) is 42.5 Å². The van der Waals surface area contributed by atoms with Crippen LogP contribution in [0.1, 0.15) is 24.0 Å². The molecule has 29 heavy (non-hydrogen) atoms. The zero-order valence-electron chi connectivity index (χ0n) is 16.8. The molecular weight excluding hydrogens is 482 g/mol. The van der Waals surface area contributed by atoms with Gasteiger partial charge >= 0.3 is 0 Å². The van der Waals surface area contributed by atoms with Crippen LogP contribution in [0.3, 0.4) is 0 Å². The molecule has 1 aliphatic rings. The van der Waals surface area contributed by atoms with Crippen molar-refractivity contribution < 1.29 is 9.18 Å². The molecule has 5 nitrogen and oxygen atoms in total. The third-order valence-electron chi connectivity index (χ3n) is 5.05. The van der Waals surface area contributed by atoms with Crippen LogP contribution in [0.4, 0.5) is 4.39 Å². The van der Waals surface area contributed by atoms with Crippen molar-refractivity contribution in [1.29, 1.82) is 0 Å². The summed E-state index contributed by atoms with van der Waals surface area (Å²) in [5.74, 6) is 0.346. The molecule has 1 amide bonds. The number of benzene rings is 2. The Morgan fingerprint density at radius 1 is 1.10 bits per heavy atom. The number of halogens is 2. The average molecular weight is 510 g/mol. The van der Waals surface area contributed by atoms with E-state index < -0.39 is 0 Å². The first-order valence-electron chi connectivity index (χ1n) is 9.51.